The van der Waals surface area contributed by atoms with Crippen LogP contribution in [0.1, 0.15) is 19.8 Å². The molecule has 0 radical (unpaired) electrons. The first kappa shape index (κ1) is 22.8. The van der Waals surface area contributed by atoms with Crippen molar-refractivity contribution < 1.29 is 22.0 Å². The molecule has 1 amide bonds. The van der Waals surface area contributed by atoms with E-state index in [1.165, 1.54) is 0 Å². The molecule has 0 spiro atoms. The van der Waals surface area contributed by atoms with Crippen LogP contribution in [0.5, 0.6) is 0 Å². The summed E-state index contributed by atoms with van der Waals surface area (Å²) in [6.07, 6.45) is 0.689. The van der Waals surface area contributed by atoms with Crippen molar-refractivity contribution in [1.82, 2.24) is 10.0 Å². The second-order valence-electron chi connectivity index (χ2n) is 6.34. The topological polar surface area (TPSA) is 78.5 Å². The number of carbonyl (C=O) groups is 1. The summed E-state index contributed by atoms with van der Waals surface area (Å²) in [5.41, 5.74) is 1.12. The summed E-state index contributed by atoms with van der Waals surface area (Å²) in [5, 5.41) is 2.75. The lowest BCUT2D eigenvalue weighted by molar-refractivity contribution is -0.120. The zero-order chi connectivity index (χ0) is 21.3. The Balaban J connectivity index is 1.69. The van der Waals surface area contributed by atoms with Crippen LogP contribution in [0.2, 0.25) is 0 Å². The van der Waals surface area contributed by atoms with Crippen molar-refractivity contribution in [3.63, 3.8) is 0 Å². The number of nitrogens with one attached hydrogen (secondary N) is 2. The van der Waals surface area contributed by atoms with E-state index in [1.54, 1.807) is 0 Å². The molecule has 0 aliphatic heterocycles. The van der Waals surface area contributed by atoms with Crippen LogP contribution < -0.4 is 14.9 Å². The Bertz CT molecular complexity index is 908. The predicted molar refractivity (Wildman–Crippen MR) is 108 cm³/mol. The van der Waals surface area contributed by atoms with E-state index in [0.29, 0.717) is 12.6 Å². The van der Waals surface area contributed by atoms with E-state index < -0.39 is 26.6 Å². The molecule has 2 aromatic rings. The maximum absolute atomic E-state index is 13.2. The lowest BCUT2D eigenvalue weighted by atomic mass is 10.2. The van der Waals surface area contributed by atoms with E-state index in [1.807, 2.05) is 30.3 Å². The molecule has 2 aromatic carbocycles. The molecular formula is C20H25F2N3O3S. The number of nitrogens with zero attached hydrogens (tertiary/aromatic N) is 1. The molecule has 9 heteroatoms. The molecule has 0 fully saturated rings. The average molecular weight is 426 g/mol. The Kier molecular flexibility index (Phi) is 8.53. The lowest BCUT2D eigenvalue weighted by Crippen LogP contribution is -2.33. The second kappa shape index (κ2) is 10.9. The smallest absolute Gasteiger partial charge is 0.240 e. The normalized spacial score (nSPS) is 11.3. The Labute approximate surface area is 170 Å². The average Bonchev–Trinajstić information content (AvgIpc) is 2.70. The molecule has 0 aliphatic carbocycles. The van der Waals surface area contributed by atoms with Gasteiger partial charge in [-0.3, -0.25) is 4.79 Å². The lowest BCUT2D eigenvalue weighted by Gasteiger charge is -2.23. The molecule has 0 aromatic heterocycles. The third-order valence-electron chi connectivity index (χ3n) is 4.28. The summed E-state index contributed by atoms with van der Waals surface area (Å²) in [4.78, 5) is 13.7. The molecule has 0 bridgehead atoms. The fourth-order valence-electron chi connectivity index (χ4n) is 2.72. The number of para-hydroxylation sites is 1. The SMILES string of the molecule is CCN(CCCNC(=O)CCNS(=O)(=O)c1ccc(F)c(F)c1)c1ccccc1. The van der Waals surface area contributed by atoms with E-state index in [-0.39, 0.29) is 18.9 Å². The third-order valence-corrected chi connectivity index (χ3v) is 5.73. The van der Waals surface area contributed by atoms with Crippen LogP contribution in [-0.4, -0.2) is 40.5 Å². The Hall–Kier alpha value is -2.52. The van der Waals surface area contributed by atoms with E-state index >= 15 is 0 Å². The van der Waals surface area contributed by atoms with Crippen molar-refractivity contribution in [2.75, 3.05) is 31.1 Å². The molecule has 0 saturated heterocycles. The van der Waals surface area contributed by atoms with Gasteiger partial charge >= 0.3 is 0 Å². The Morgan fingerprint density at radius 3 is 2.41 bits per heavy atom. The van der Waals surface area contributed by atoms with E-state index in [2.05, 4.69) is 21.9 Å². The number of amides is 1. The highest BCUT2D eigenvalue weighted by Crippen LogP contribution is 2.14. The van der Waals surface area contributed by atoms with Gasteiger partial charge in [0.1, 0.15) is 0 Å². The first-order chi connectivity index (χ1) is 13.8. The number of benzene rings is 2. The number of hydrogen-bond acceptors (Lipinski definition) is 4. The molecule has 29 heavy (non-hydrogen) atoms. The zero-order valence-electron chi connectivity index (χ0n) is 16.2. The van der Waals surface area contributed by atoms with E-state index in [4.69, 9.17) is 0 Å². The summed E-state index contributed by atoms with van der Waals surface area (Å²) in [7, 11) is -4.01. The molecule has 158 valence electrons. The number of halogens is 2. The molecule has 2 rings (SSSR count). The quantitative estimate of drug-likeness (QED) is 0.543. The van der Waals surface area contributed by atoms with E-state index in [0.717, 1.165) is 37.3 Å². The highest BCUT2D eigenvalue weighted by molar-refractivity contribution is 7.89. The van der Waals surface area contributed by atoms with Gasteiger partial charge in [-0.1, -0.05) is 18.2 Å². The standard InChI is InChI=1S/C20H25F2N3O3S/c1-2-25(16-7-4-3-5-8-16)14-6-12-23-20(26)11-13-24-29(27,28)17-9-10-18(21)19(22)15-17/h3-5,7-10,15,24H,2,6,11-14H2,1H3,(H,23,26). The number of anilines is 1. The van der Waals surface area contributed by atoms with Crippen molar-refractivity contribution in [3.05, 3.63) is 60.2 Å². The predicted octanol–water partition coefficient (Wildman–Crippen LogP) is 2.67. The molecule has 0 heterocycles. The monoisotopic (exact) mass is 425 g/mol. The summed E-state index contributed by atoms with van der Waals surface area (Å²) >= 11 is 0. The van der Waals surface area contributed by atoms with Gasteiger partial charge in [-0.15, -0.1) is 0 Å². The van der Waals surface area contributed by atoms with Crippen molar-refractivity contribution in [3.8, 4) is 0 Å². The second-order valence-corrected chi connectivity index (χ2v) is 8.11. The van der Waals surface area contributed by atoms with Crippen molar-refractivity contribution in [2.24, 2.45) is 0 Å². The van der Waals surface area contributed by atoms with Gasteiger partial charge in [-0.25, -0.2) is 21.9 Å². The highest BCUT2D eigenvalue weighted by atomic mass is 32.2. The van der Waals surface area contributed by atoms with Gasteiger partial charge in [0, 0.05) is 38.3 Å². The van der Waals surface area contributed by atoms with Gasteiger partial charge in [0.15, 0.2) is 11.6 Å². The Morgan fingerprint density at radius 2 is 1.76 bits per heavy atom. The molecule has 0 atom stereocenters. The van der Waals surface area contributed by atoms with Crippen LogP contribution in [0.25, 0.3) is 0 Å². The van der Waals surface area contributed by atoms with Crippen LogP contribution in [0.3, 0.4) is 0 Å². The van der Waals surface area contributed by atoms with Crippen LogP contribution >= 0.6 is 0 Å². The summed E-state index contributed by atoms with van der Waals surface area (Å²) in [6.45, 7) is 4.02. The van der Waals surface area contributed by atoms with Gasteiger partial charge in [0.2, 0.25) is 15.9 Å². The molecular weight excluding hydrogens is 400 g/mol. The van der Waals surface area contributed by atoms with Crippen LogP contribution in [0.4, 0.5) is 14.5 Å². The fourth-order valence-corrected chi connectivity index (χ4v) is 3.76. The third kappa shape index (κ3) is 7.10. The van der Waals surface area contributed by atoms with Crippen LogP contribution in [0.15, 0.2) is 53.4 Å². The maximum Gasteiger partial charge on any atom is 0.240 e. The molecule has 2 N–H and O–H groups in total. The molecule has 0 unspecified atom stereocenters. The van der Waals surface area contributed by atoms with Gasteiger partial charge in [-0.05, 0) is 43.7 Å². The first-order valence-electron chi connectivity index (χ1n) is 9.35. The molecule has 0 aliphatic rings. The number of carbonyl (C=O) groups excluding carboxylic acids is 1. The zero-order valence-corrected chi connectivity index (χ0v) is 17.0. The van der Waals surface area contributed by atoms with E-state index in [9.17, 15) is 22.0 Å². The maximum atomic E-state index is 13.2. The van der Waals surface area contributed by atoms with Gasteiger partial charge in [-0.2, -0.15) is 0 Å². The molecule has 6 nitrogen and oxygen atoms in total. The highest BCUT2D eigenvalue weighted by Gasteiger charge is 2.16. The van der Waals surface area contributed by atoms with Crippen LogP contribution in [0, 0.1) is 11.6 Å². The summed E-state index contributed by atoms with van der Waals surface area (Å²) < 4.78 is 52.4. The van der Waals surface area contributed by atoms with Crippen molar-refractivity contribution in [2.45, 2.75) is 24.7 Å². The number of sulfonamides is 1. The summed E-state index contributed by atoms with van der Waals surface area (Å²) in [5.74, 6) is -2.67. The summed E-state index contributed by atoms with van der Waals surface area (Å²) in [6, 6.07) is 12.3. The van der Waals surface area contributed by atoms with Crippen LogP contribution in [-0.2, 0) is 14.8 Å². The fraction of sp³-hybridized carbons (Fsp3) is 0.350. The van der Waals surface area contributed by atoms with Crippen molar-refractivity contribution >= 4 is 21.6 Å². The molecule has 0 saturated carbocycles. The van der Waals surface area contributed by atoms with Gasteiger partial charge < -0.3 is 10.2 Å². The van der Waals surface area contributed by atoms with Gasteiger partial charge in [0.25, 0.3) is 0 Å². The largest absolute Gasteiger partial charge is 0.372 e. The number of rotatable bonds is 11. The Morgan fingerprint density at radius 1 is 1.03 bits per heavy atom. The van der Waals surface area contributed by atoms with Gasteiger partial charge in [0.05, 0.1) is 4.90 Å². The minimum Gasteiger partial charge on any atom is -0.372 e. The number of hydrogen-bond donors (Lipinski definition) is 2. The first-order valence-corrected chi connectivity index (χ1v) is 10.8. The minimum atomic E-state index is -4.01. The van der Waals surface area contributed by atoms with Crippen molar-refractivity contribution in [1.29, 1.82) is 0 Å². The minimum absolute atomic E-state index is 0.0565.